The average Bonchev–Trinajstić information content (AvgIpc) is 3.59. The summed E-state index contributed by atoms with van der Waals surface area (Å²) in [4.78, 5) is 50.9. The number of aromatic amines is 1. The number of H-pyrrole nitrogens is 1. The highest BCUT2D eigenvalue weighted by Crippen LogP contribution is 2.50. The number of aromatic nitrogens is 2. The molecule has 0 bridgehead atoms. The third-order valence-electron chi connectivity index (χ3n) is 9.95. The number of phosphoric acid groups is 1. The second-order valence-electron chi connectivity index (χ2n) is 15.0. The van der Waals surface area contributed by atoms with Gasteiger partial charge in [-0.15, -0.1) is 0 Å². The van der Waals surface area contributed by atoms with Crippen LogP contribution in [-0.2, 0) is 41.9 Å². The number of esters is 2. The van der Waals surface area contributed by atoms with E-state index in [-0.39, 0.29) is 51.3 Å². The lowest BCUT2D eigenvalue weighted by Gasteiger charge is -2.21. The van der Waals surface area contributed by atoms with Crippen LogP contribution in [0.25, 0.3) is 0 Å². The average molecular weight is 897 g/mol. The maximum absolute atomic E-state index is 15.1. The molecule has 1 aliphatic heterocycles. The van der Waals surface area contributed by atoms with Gasteiger partial charge in [0.15, 0.2) is 0 Å². The van der Waals surface area contributed by atoms with E-state index < -0.39 is 56.1 Å². The van der Waals surface area contributed by atoms with Crippen molar-refractivity contribution < 1.29 is 46.3 Å². The molecule has 1 fully saturated rings. The van der Waals surface area contributed by atoms with Gasteiger partial charge < -0.3 is 14.2 Å². The monoisotopic (exact) mass is 896 g/mol. The Hall–Kier alpha value is -1.68. The zero-order valence-electron chi connectivity index (χ0n) is 36.1. The number of carbonyl (C=O) groups excluding carboxylic acids is 2. The Morgan fingerprint density at radius 1 is 0.729 bits per heavy atom. The van der Waals surface area contributed by atoms with Gasteiger partial charge in [-0.05, 0) is 55.6 Å². The van der Waals surface area contributed by atoms with E-state index in [1.165, 1.54) is 100 Å². The van der Waals surface area contributed by atoms with Crippen molar-refractivity contribution in [3.63, 3.8) is 0 Å². The molecule has 342 valence electrons. The molecule has 0 saturated carbocycles. The van der Waals surface area contributed by atoms with Gasteiger partial charge in [-0.3, -0.25) is 37.5 Å². The lowest BCUT2D eigenvalue weighted by molar-refractivity contribution is -0.145. The van der Waals surface area contributed by atoms with Gasteiger partial charge in [0.2, 0.25) is 0 Å². The largest absolute Gasteiger partial charge is 0.475 e. The normalized spacial score (nSPS) is 16.8. The van der Waals surface area contributed by atoms with Crippen LogP contribution >= 0.6 is 31.3 Å². The molecule has 0 unspecified atom stereocenters. The number of nitrogens with zero attached hydrogens (tertiary/aromatic N) is 1. The summed E-state index contributed by atoms with van der Waals surface area (Å²) in [7, 11) is -4.38. The molecule has 1 saturated heterocycles. The number of alkyl halides is 1. The fourth-order valence-corrected chi connectivity index (χ4v) is 9.09. The molecular weight excluding hydrogens is 823 g/mol. The van der Waals surface area contributed by atoms with Crippen LogP contribution in [0.3, 0.4) is 0 Å². The quantitative estimate of drug-likeness (QED) is 0.0380. The lowest BCUT2D eigenvalue weighted by Crippen LogP contribution is -2.33. The van der Waals surface area contributed by atoms with Crippen molar-refractivity contribution in [1.82, 2.24) is 9.55 Å². The van der Waals surface area contributed by atoms with Crippen molar-refractivity contribution in [3.8, 4) is 0 Å². The van der Waals surface area contributed by atoms with Crippen LogP contribution in [-0.4, -0.2) is 89.8 Å². The lowest BCUT2D eigenvalue weighted by atomic mass is 10.1. The van der Waals surface area contributed by atoms with Gasteiger partial charge in [-0.1, -0.05) is 104 Å². The van der Waals surface area contributed by atoms with Gasteiger partial charge in [-0.2, -0.15) is 23.5 Å². The molecule has 1 aromatic rings. The molecule has 0 spiro atoms. The maximum atomic E-state index is 15.1. The topological polar surface area (TPSA) is 161 Å². The minimum atomic E-state index is -4.38. The van der Waals surface area contributed by atoms with Gasteiger partial charge >= 0.3 is 25.5 Å². The smallest absolute Gasteiger partial charge is 0.463 e. The molecule has 2 rings (SSSR count). The van der Waals surface area contributed by atoms with Crippen LogP contribution in [0.5, 0.6) is 0 Å². The summed E-state index contributed by atoms with van der Waals surface area (Å²) >= 11 is 4.00. The molecule has 3 atom stereocenters. The van der Waals surface area contributed by atoms with Gasteiger partial charge in [0.25, 0.3) is 5.56 Å². The van der Waals surface area contributed by atoms with E-state index in [0.717, 1.165) is 43.1 Å². The first-order valence-electron chi connectivity index (χ1n) is 22.2. The fourth-order valence-electron chi connectivity index (χ4n) is 6.55. The molecule has 59 heavy (non-hydrogen) atoms. The minimum Gasteiger partial charge on any atom is -0.463 e. The number of aryl methyl sites for hydroxylation is 1. The zero-order chi connectivity index (χ0) is 43.0. The third-order valence-corrected chi connectivity index (χ3v) is 13.4. The van der Waals surface area contributed by atoms with Crippen LogP contribution in [0.4, 0.5) is 4.39 Å². The molecule has 1 N–H and O–H groups in total. The van der Waals surface area contributed by atoms with Crippen molar-refractivity contribution in [3.05, 3.63) is 32.6 Å². The Kier molecular flexibility index (Phi) is 30.7. The second-order valence-corrected chi connectivity index (χ2v) is 19.4. The number of unbranched alkanes of at least 4 members (excludes halogenated alkanes) is 16. The number of thioether (sulfide) groups is 2. The molecule has 0 amide bonds. The summed E-state index contributed by atoms with van der Waals surface area (Å²) in [6.45, 7) is 4.28. The Morgan fingerprint density at radius 3 is 1.63 bits per heavy atom. The third kappa shape index (κ3) is 25.8. The van der Waals surface area contributed by atoms with E-state index >= 15 is 4.39 Å². The molecule has 17 heteroatoms. The van der Waals surface area contributed by atoms with Crippen LogP contribution in [0, 0.1) is 6.92 Å². The predicted molar refractivity (Wildman–Crippen MR) is 235 cm³/mol. The van der Waals surface area contributed by atoms with Crippen LogP contribution in [0.2, 0.25) is 0 Å². The van der Waals surface area contributed by atoms with E-state index in [4.69, 9.17) is 27.8 Å². The highest BCUT2D eigenvalue weighted by atomic mass is 32.2. The summed E-state index contributed by atoms with van der Waals surface area (Å²) in [5.74, 6) is 4.08. The summed E-state index contributed by atoms with van der Waals surface area (Å²) in [6, 6.07) is 0. The van der Waals surface area contributed by atoms with Crippen LogP contribution < -0.4 is 11.2 Å². The molecule has 0 radical (unpaired) electrons. The fraction of sp³-hybridized carbons (Fsp3) is 0.857. The highest BCUT2D eigenvalue weighted by molar-refractivity contribution is 7.99. The van der Waals surface area contributed by atoms with E-state index in [1.807, 2.05) is 23.5 Å². The second kappa shape index (κ2) is 33.9. The Morgan fingerprint density at radius 2 is 1.17 bits per heavy atom. The first kappa shape index (κ1) is 53.5. The molecule has 1 aromatic heterocycles. The Labute approximate surface area is 360 Å². The van der Waals surface area contributed by atoms with Crippen molar-refractivity contribution in [2.75, 3.05) is 56.0 Å². The molecular formula is C42H74FN2O11PS2. The molecule has 0 aromatic carbocycles. The molecule has 2 heterocycles. The van der Waals surface area contributed by atoms with E-state index in [9.17, 15) is 23.7 Å². The van der Waals surface area contributed by atoms with Gasteiger partial charge in [0, 0.05) is 31.0 Å². The molecule has 13 nitrogen and oxygen atoms in total. The predicted octanol–water partition coefficient (Wildman–Crippen LogP) is 10.0. The number of hydrogen-bond acceptors (Lipinski definition) is 13. The number of halogens is 1. The number of carbonyl (C=O) groups is 2. The van der Waals surface area contributed by atoms with E-state index in [2.05, 4.69) is 18.8 Å². The first-order chi connectivity index (χ1) is 28.6. The number of ether oxygens (including phenoxy) is 3. The number of nitrogens with one attached hydrogen (secondary N) is 1. The number of hydrogen-bond donors (Lipinski definition) is 1. The molecule has 0 aliphatic carbocycles. The Bertz CT molecular complexity index is 1380. The summed E-state index contributed by atoms with van der Waals surface area (Å²) in [5.41, 5.74) is -1.06. The summed E-state index contributed by atoms with van der Waals surface area (Å²) in [5, 5.41) is 0. The van der Waals surface area contributed by atoms with E-state index in [0.29, 0.717) is 12.8 Å². The first-order valence-corrected chi connectivity index (χ1v) is 26.0. The van der Waals surface area contributed by atoms with E-state index in [1.54, 1.807) is 0 Å². The summed E-state index contributed by atoms with van der Waals surface area (Å²) in [6.07, 6.45) is 18.1. The van der Waals surface area contributed by atoms with Crippen molar-refractivity contribution in [1.29, 1.82) is 0 Å². The van der Waals surface area contributed by atoms with Gasteiger partial charge in [-0.25, -0.2) is 13.8 Å². The highest BCUT2D eigenvalue weighted by Gasteiger charge is 2.39. The Balaban J connectivity index is 1.73. The van der Waals surface area contributed by atoms with Crippen LogP contribution in [0.1, 0.15) is 160 Å². The van der Waals surface area contributed by atoms with Crippen molar-refractivity contribution in [2.24, 2.45) is 0 Å². The van der Waals surface area contributed by atoms with Gasteiger partial charge in [0.1, 0.15) is 31.7 Å². The summed E-state index contributed by atoms with van der Waals surface area (Å²) < 4.78 is 62.3. The maximum Gasteiger partial charge on any atom is 0.475 e. The van der Waals surface area contributed by atoms with Crippen LogP contribution in [0.15, 0.2) is 15.8 Å². The minimum absolute atomic E-state index is 0.207. The number of rotatable bonds is 38. The van der Waals surface area contributed by atoms with Gasteiger partial charge in [0.05, 0.1) is 19.8 Å². The SMILES string of the molecule is CCSCCCCCCCCCCCC(=O)OCCOP(=O)(OCCOC(=O)CCCCCCCCCCCSCC)OC[C@H]1O[C@@H](n2cc(C)c(=O)[nH]c2=O)C[C@@H]1F. The molecule has 1 aliphatic rings. The van der Waals surface area contributed by atoms with Crippen molar-refractivity contribution in [2.45, 2.75) is 174 Å². The standard InChI is InChI=1S/C42H74FN2O11PS2/c1-4-58-30-22-18-14-10-6-8-12-16-20-24-39(46)51-26-28-53-57(50,55-34-37-36(43)32-38(56-37)45-33-35(3)41(48)44-42(45)49)54-29-27-52-40(47)25-21-17-13-9-7-11-15-19-23-31-59-5-2/h33,36-38H,4-32,34H2,1-3H3,(H,44,48,49)/t36-,37+,38+/m0/s1. The number of phosphoric ester groups is 1. The van der Waals surface area contributed by atoms with Crippen molar-refractivity contribution >= 4 is 43.3 Å². The zero-order valence-corrected chi connectivity index (χ0v) is 38.6.